The number of halogens is 1. The van der Waals surface area contributed by atoms with Gasteiger partial charge in [0.1, 0.15) is 0 Å². The van der Waals surface area contributed by atoms with Crippen LogP contribution >= 0.6 is 11.6 Å². The number of nitrogens with one attached hydrogen (secondary N) is 1. The first-order valence-electron chi connectivity index (χ1n) is 6.92. The van der Waals surface area contributed by atoms with Crippen LogP contribution in [0.5, 0.6) is 0 Å². The third kappa shape index (κ3) is 3.61. The Morgan fingerprint density at radius 3 is 2.55 bits per heavy atom. The first kappa shape index (κ1) is 15.1. The zero-order valence-corrected chi connectivity index (χ0v) is 12.6. The summed E-state index contributed by atoms with van der Waals surface area (Å²) in [6.45, 7) is 6.56. The molecule has 0 saturated carbocycles. The molecule has 110 valence electrons. The van der Waals surface area contributed by atoms with Crippen molar-refractivity contribution in [1.29, 1.82) is 0 Å². The molecule has 0 spiro atoms. The first-order chi connectivity index (χ1) is 9.47. The SMILES string of the molecule is CC(C)N1CCC(Nc2ccc([N+](=O)[O-])cc2Cl)CC1. The van der Waals surface area contributed by atoms with Crippen molar-refractivity contribution in [1.82, 2.24) is 4.90 Å². The highest BCUT2D eigenvalue weighted by Gasteiger charge is 2.21. The van der Waals surface area contributed by atoms with Crippen LogP contribution in [-0.2, 0) is 0 Å². The fourth-order valence-corrected chi connectivity index (χ4v) is 2.74. The van der Waals surface area contributed by atoms with Crippen LogP contribution in [0.1, 0.15) is 26.7 Å². The Labute approximate surface area is 124 Å². The van der Waals surface area contributed by atoms with Gasteiger partial charge in [0.2, 0.25) is 0 Å². The zero-order chi connectivity index (χ0) is 14.7. The molecule has 5 nitrogen and oxygen atoms in total. The predicted octanol–water partition coefficient (Wildman–Crippen LogP) is 3.53. The second-order valence-corrected chi connectivity index (χ2v) is 5.88. The van der Waals surface area contributed by atoms with Crippen molar-refractivity contribution < 1.29 is 4.92 Å². The molecule has 1 N–H and O–H groups in total. The van der Waals surface area contributed by atoms with Gasteiger partial charge in [-0.2, -0.15) is 0 Å². The first-order valence-corrected chi connectivity index (χ1v) is 7.29. The van der Waals surface area contributed by atoms with Gasteiger partial charge >= 0.3 is 0 Å². The standard InChI is InChI=1S/C14H20ClN3O2/c1-10(2)17-7-5-11(6-8-17)16-14-4-3-12(18(19)20)9-13(14)15/h3-4,9-11,16H,5-8H2,1-2H3. The Morgan fingerprint density at radius 1 is 1.40 bits per heavy atom. The molecule has 0 atom stereocenters. The van der Waals surface area contributed by atoms with E-state index in [-0.39, 0.29) is 5.69 Å². The number of piperidine rings is 1. The van der Waals surface area contributed by atoms with Crippen LogP contribution in [0.2, 0.25) is 5.02 Å². The molecule has 2 rings (SSSR count). The van der Waals surface area contributed by atoms with Gasteiger partial charge in [0, 0.05) is 37.3 Å². The van der Waals surface area contributed by atoms with Gasteiger partial charge in [0.25, 0.3) is 5.69 Å². The van der Waals surface area contributed by atoms with E-state index >= 15 is 0 Å². The Hall–Kier alpha value is -1.33. The average Bonchev–Trinajstić information content (AvgIpc) is 2.41. The Bertz CT molecular complexity index is 485. The summed E-state index contributed by atoms with van der Waals surface area (Å²) in [6.07, 6.45) is 2.12. The smallest absolute Gasteiger partial charge is 0.271 e. The van der Waals surface area contributed by atoms with E-state index in [1.165, 1.54) is 12.1 Å². The molecule has 6 heteroatoms. The summed E-state index contributed by atoms with van der Waals surface area (Å²) < 4.78 is 0. The van der Waals surface area contributed by atoms with Crippen LogP contribution in [0.15, 0.2) is 18.2 Å². The van der Waals surface area contributed by atoms with E-state index in [1.807, 2.05) is 0 Å². The van der Waals surface area contributed by atoms with E-state index in [4.69, 9.17) is 11.6 Å². The van der Waals surface area contributed by atoms with E-state index in [0.717, 1.165) is 31.6 Å². The minimum Gasteiger partial charge on any atom is -0.381 e. The highest BCUT2D eigenvalue weighted by atomic mass is 35.5. The van der Waals surface area contributed by atoms with Crippen molar-refractivity contribution in [3.05, 3.63) is 33.3 Å². The number of anilines is 1. The molecule has 1 fully saturated rings. The number of hydrogen-bond donors (Lipinski definition) is 1. The van der Waals surface area contributed by atoms with Gasteiger partial charge in [-0.05, 0) is 32.8 Å². The molecule has 1 aliphatic rings. The molecule has 0 aromatic heterocycles. The molecule has 1 heterocycles. The van der Waals surface area contributed by atoms with E-state index < -0.39 is 4.92 Å². The third-order valence-corrected chi connectivity index (χ3v) is 4.10. The van der Waals surface area contributed by atoms with Crippen molar-refractivity contribution in [2.75, 3.05) is 18.4 Å². The van der Waals surface area contributed by atoms with Crippen molar-refractivity contribution in [3.8, 4) is 0 Å². The molecule has 1 aromatic carbocycles. The molecule has 20 heavy (non-hydrogen) atoms. The monoisotopic (exact) mass is 297 g/mol. The van der Waals surface area contributed by atoms with Gasteiger partial charge in [-0.15, -0.1) is 0 Å². The number of benzene rings is 1. The Morgan fingerprint density at radius 2 is 2.05 bits per heavy atom. The molecule has 0 unspecified atom stereocenters. The largest absolute Gasteiger partial charge is 0.381 e. The molecule has 1 aromatic rings. The van der Waals surface area contributed by atoms with Crippen molar-refractivity contribution in [3.63, 3.8) is 0 Å². The van der Waals surface area contributed by atoms with E-state index in [9.17, 15) is 10.1 Å². The summed E-state index contributed by atoms with van der Waals surface area (Å²) in [4.78, 5) is 12.7. The number of nitrogens with zero attached hydrogens (tertiary/aromatic N) is 2. The van der Waals surface area contributed by atoms with Crippen LogP contribution in [0.25, 0.3) is 0 Å². The minimum atomic E-state index is -0.434. The van der Waals surface area contributed by atoms with Crippen LogP contribution in [0, 0.1) is 10.1 Å². The minimum absolute atomic E-state index is 0.0233. The fraction of sp³-hybridized carbons (Fsp3) is 0.571. The number of rotatable bonds is 4. The molecule has 1 aliphatic heterocycles. The molecule has 0 bridgehead atoms. The van der Waals surface area contributed by atoms with Gasteiger partial charge in [0.15, 0.2) is 0 Å². The molecule has 0 amide bonds. The summed E-state index contributed by atoms with van der Waals surface area (Å²) in [7, 11) is 0. The topological polar surface area (TPSA) is 58.4 Å². The molecule has 0 radical (unpaired) electrons. The predicted molar refractivity (Wildman–Crippen MR) is 81.5 cm³/mol. The quantitative estimate of drug-likeness (QED) is 0.682. The van der Waals surface area contributed by atoms with Gasteiger partial charge in [-0.25, -0.2) is 0 Å². The maximum atomic E-state index is 10.7. The van der Waals surface area contributed by atoms with Gasteiger partial charge in [-0.3, -0.25) is 10.1 Å². The van der Waals surface area contributed by atoms with Crippen molar-refractivity contribution in [2.24, 2.45) is 0 Å². The lowest BCUT2D eigenvalue weighted by atomic mass is 10.0. The summed E-state index contributed by atoms with van der Waals surface area (Å²) in [5.74, 6) is 0. The molecule has 1 saturated heterocycles. The lowest BCUT2D eigenvalue weighted by Crippen LogP contribution is -2.42. The molecular weight excluding hydrogens is 278 g/mol. The summed E-state index contributed by atoms with van der Waals surface area (Å²) in [5.41, 5.74) is 0.801. The summed E-state index contributed by atoms with van der Waals surface area (Å²) in [6, 6.07) is 5.53. The van der Waals surface area contributed by atoms with Crippen LogP contribution in [0.4, 0.5) is 11.4 Å². The number of likely N-dealkylation sites (tertiary alicyclic amines) is 1. The maximum Gasteiger partial charge on any atom is 0.271 e. The Balaban J connectivity index is 1.96. The molecular formula is C14H20ClN3O2. The highest BCUT2D eigenvalue weighted by molar-refractivity contribution is 6.33. The van der Waals surface area contributed by atoms with E-state index in [0.29, 0.717) is 17.1 Å². The third-order valence-electron chi connectivity index (χ3n) is 3.78. The zero-order valence-electron chi connectivity index (χ0n) is 11.8. The second-order valence-electron chi connectivity index (χ2n) is 5.47. The van der Waals surface area contributed by atoms with Crippen LogP contribution in [-0.4, -0.2) is 35.0 Å². The van der Waals surface area contributed by atoms with E-state index in [1.54, 1.807) is 6.07 Å². The fourth-order valence-electron chi connectivity index (χ4n) is 2.51. The van der Waals surface area contributed by atoms with Crippen molar-refractivity contribution in [2.45, 2.75) is 38.8 Å². The number of nitro benzene ring substituents is 1. The van der Waals surface area contributed by atoms with Gasteiger partial charge < -0.3 is 10.2 Å². The lowest BCUT2D eigenvalue weighted by Gasteiger charge is -2.35. The Kier molecular flexibility index (Phi) is 4.83. The van der Waals surface area contributed by atoms with Crippen LogP contribution in [0.3, 0.4) is 0 Å². The van der Waals surface area contributed by atoms with Gasteiger partial charge in [-0.1, -0.05) is 11.6 Å². The summed E-state index contributed by atoms with van der Waals surface area (Å²) >= 11 is 6.09. The number of nitro groups is 1. The second kappa shape index (κ2) is 6.41. The average molecular weight is 298 g/mol. The van der Waals surface area contributed by atoms with E-state index in [2.05, 4.69) is 24.1 Å². The van der Waals surface area contributed by atoms with Crippen molar-refractivity contribution >= 4 is 23.0 Å². The maximum absolute atomic E-state index is 10.7. The normalized spacial score (nSPS) is 17.4. The highest BCUT2D eigenvalue weighted by Crippen LogP contribution is 2.28. The number of non-ortho nitro benzene ring substituents is 1. The summed E-state index contributed by atoms with van der Waals surface area (Å²) in [5, 5.41) is 14.5. The lowest BCUT2D eigenvalue weighted by molar-refractivity contribution is -0.384. The number of hydrogen-bond acceptors (Lipinski definition) is 4. The molecule has 0 aliphatic carbocycles. The van der Waals surface area contributed by atoms with Crippen LogP contribution < -0.4 is 5.32 Å². The van der Waals surface area contributed by atoms with Gasteiger partial charge in [0.05, 0.1) is 15.6 Å².